The molecule has 2 amide bonds. The predicted molar refractivity (Wildman–Crippen MR) is 71.9 cm³/mol. The molecule has 2 saturated heterocycles. The van der Waals surface area contributed by atoms with Crippen molar-refractivity contribution in [2.75, 3.05) is 13.1 Å². The maximum atomic E-state index is 12.4. The summed E-state index contributed by atoms with van der Waals surface area (Å²) in [6, 6.07) is 0.688. The number of likely N-dealkylation sites (tertiary alicyclic amines) is 2. The molecule has 2 fully saturated rings. The van der Waals surface area contributed by atoms with Gasteiger partial charge < -0.3 is 14.9 Å². The van der Waals surface area contributed by atoms with Gasteiger partial charge in [0.1, 0.15) is 0 Å². The SMILES string of the molecule is CC(C(=O)O)C1CN(C(=O)N2C(C)CCCC2C)C1. The van der Waals surface area contributed by atoms with E-state index in [4.69, 9.17) is 5.11 Å². The summed E-state index contributed by atoms with van der Waals surface area (Å²) in [6.07, 6.45) is 3.32. The van der Waals surface area contributed by atoms with Crippen LogP contribution in [0, 0.1) is 11.8 Å². The molecule has 0 aliphatic carbocycles. The molecule has 0 aromatic rings. The lowest BCUT2D eigenvalue weighted by Gasteiger charge is -2.47. The molecule has 2 aliphatic heterocycles. The molecule has 2 aliphatic rings. The second-order valence-corrected chi connectivity index (χ2v) is 6.11. The Hall–Kier alpha value is -1.26. The minimum atomic E-state index is -0.767. The van der Waals surface area contributed by atoms with Crippen molar-refractivity contribution in [2.45, 2.75) is 52.1 Å². The number of amides is 2. The first-order chi connectivity index (χ1) is 8.91. The van der Waals surface area contributed by atoms with E-state index in [1.54, 1.807) is 11.8 Å². The third-order valence-electron chi connectivity index (χ3n) is 4.69. The van der Waals surface area contributed by atoms with Crippen molar-refractivity contribution in [1.82, 2.24) is 9.80 Å². The van der Waals surface area contributed by atoms with Gasteiger partial charge in [0.05, 0.1) is 5.92 Å². The number of hydrogen-bond acceptors (Lipinski definition) is 2. The van der Waals surface area contributed by atoms with Crippen LogP contribution in [-0.2, 0) is 4.79 Å². The summed E-state index contributed by atoms with van der Waals surface area (Å²) in [7, 11) is 0. The number of carbonyl (C=O) groups excluding carboxylic acids is 1. The molecule has 0 radical (unpaired) electrons. The maximum Gasteiger partial charge on any atom is 0.320 e. The lowest BCUT2D eigenvalue weighted by atomic mass is 9.87. The summed E-state index contributed by atoms with van der Waals surface area (Å²) < 4.78 is 0. The number of carbonyl (C=O) groups is 2. The monoisotopic (exact) mass is 268 g/mol. The Balaban J connectivity index is 1.90. The first-order valence-electron chi connectivity index (χ1n) is 7.21. The summed E-state index contributed by atoms with van der Waals surface area (Å²) in [4.78, 5) is 27.1. The van der Waals surface area contributed by atoms with Crippen LogP contribution >= 0.6 is 0 Å². The molecule has 0 aromatic heterocycles. The van der Waals surface area contributed by atoms with E-state index in [9.17, 15) is 9.59 Å². The molecule has 2 heterocycles. The molecule has 108 valence electrons. The van der Waals surface area contributed by atoms with Crippen molar-refractivity contribution in [2.24, 2.45) is 11.8 Å². The number of piperidine rings is 1. The third kappa shape index (κ3) is 2.69. The highest BCUT2D eigenvalue weighted by molar-refractivity contribution is 5.77. The summed E-state index contributed by atoms with van der Waals surface area (Å²) >= 11 is 0. The van der Waals surface area contributed by atoms with Crippen molar-refractivity contribution < 1.29 is 14.7 Å². The molecule has 3 atom stereocenters. The van der Waals surface area contributed by atoms with Crippen molar-refractivity contribution >= 4 is 12.0 Å². The quantitative estimate of drug-likeness (QED) is 0.833. The fourth-order valence-corrected chi connectivity index (χ4v) is 3.15. The van der Waals surface area contributed by atoms with E-state index in [2.05, 4.69) is 13.8 Å². The van der Waals surface area contributed by atoms with Gasteiger partial charge in [-0.05, 0) is 33.1 Å². The average molecular weight is 268 g/mol. The summed E-state index contributed by atoms with van der Waals surface area (Å²) in [6.45, 7) is 7.10. The van der Waals surface area contributed by atoms with Crippen molar-refractivity contribution in [3.8, 4) is 0 Å². The molecular weight excluding hydrogens is 244 g/mol. The van der Waals surface area contributed by atoms with E-state index in [1.165, 1.54) is 6.42 Å². The van der Waals surface area contributed by atoms with Gasteiger partial charge >= 0.3 is 12.0 Å². The third-order valence-corrected chi connectivity index (χ3v) is 4.69. The van der Waals surface area contributed by atoms with Crippen LogP contribution in [0.3, 0.4) is 0 Å². The van der Waals surface area contributed by atoms with Crippen LogP contribution in [0.5, 0.6) is 0 Å². The minimum Gasteiger partial charge on any atom is -0.481 e. The van der Waals surface area contributed by atoms with Crippen molar-refractivity contribution in [1.29, 1.82) is 0 Å². The second kappa shape index (κ2) is 5.39. The standard InChI is InChI=1S/C14H24N2O3/c1-9-5-4-6-10(2)16(9)14(19)15-7-12(8-15)11(3)13(17)18/h9-12H,4-8H2,1-3H3,(H,17,18). The van der Waals surface area contributed by atoms with Crippen LogP contribution in [-0.4, -0.2) is 52.1 Å². The van der Waals surface area contributed by atoms with Crippen molar-refractivity contribution in [3.05, 3.63) is 0 Å². The molecule has 5 nitrogen and oxygen atoms in total. The van der Waals surface area contributed by atoms with Crippen LogP contribution in [0.2, 0.25) is 0 Å². The fourth-order valence-electron chi connectivity index (χ4n) is 3.15. The van der Waals surface area contributed by atoms with E-state index < -0.39 is 5.97 Å². The molecule has 0 spiro atoms. The van der Waals surface area contributed by atoms with Crippen LogP contribution in [0.1, 0.15) is 40.0 Å². The average Bonchev–Trinajstić information content (AvgIpc) is 2.26. The van der Waals surface area contributed by atoms with Crippen LogP contribution in [0.15, 0.2) is 0 Å². The zero-order valence-corrected chi connectivity index (χ0v) is 12.0. The Morgan fingerprint density at radius 2 is 1.68 bits per heavy atom. The molecule has 5 heteroatoms. The summed E-state index contributed by atoms with van der Waals surface area (Å²) in [5.74, 6) is -1.02. The highest BCUT2D eigenvalue weighted by Crippen LogP contribution is 2.29. The lowest BCUT2D eigenvalue weighted by Crippen LogP contribution is -2.61. The highest BCUT2D eigenvalue weighted by Gasteiger charge is 2.41. The van der Waals surface area contributed by atoms with Crippen LogP contribution in [0.25, 0.3) is 0 Å². The first-order valence-corrected chi connectivity index (χ1v) is 7.21. The number of carboxylic acid groups (broad SMARTS) is 1. The van der Waals surface area contributed by atoms with Gasteiger partial charge in [0.15, 0.2) is 0 Å². The summed E-state index contributed by atoms with van der Waals surface area (Å²) in [5.41, 5.74) is 0. The van der Waals surface area contributed by atoms with Crippen molar-refractivity contribution in [3.63, 3.8) is 0 Å². The van der Waals surface area contributed by atoms with Gasteiger partial charge in [0, 0.05) is 31.1 Å². The molecule has 0 aromatic carbocycles. The largest absolute Gasteiger partial charge is 0.481 e. The van der Waals surface area contributed by atoms with E-state index in [0.29, 0.717) is 25.2 Å². The normalized spacial score (nSPS) is 29.8. The lowest BCUT2D eigenvalue weighted by molar-refractivity contribution is -0.145. The molecule has 3 unspecified atom stereocenters. The number of nitrogens with zero attached hydrogens (tertiary/aromatic N) is 2. The Morgan fingerprint density at radius 3 is 2.16 bits per heavy atom. The van der Waals surface area contributed by atoms with E-state index in [1.807, 2.05) is 4.90 Å². The molecule has 0 saturated carbocycles. The maximum absolute atomic E-state index is 12.4. The highest BCUT2D eigenvalue weighted by atomic mass is 16.4. The molecule has 0 bridgehead atoms. The van der Waals surface area contributed by atoms with Gasteiger partial charge in [-0.15, -0.1) is 0 Å². The van der Waals surface area contributed by atoms with E-state index >= 15 is 0 Å². The van der Waals surface area contributed by atoms with Gasteiger partial charge in [-0.25, -0.2) is 4.79 Å². The van der Waals surface area contributed by atoms with E-state index in [-0.39, 0.29) is 17.9 Å². The Kier molecular flexibility index (Phi) is 4.02. The Bertz CT molecular complexity index is 356. The van der Waals surface area contributed by atoms with Gasteiger partial charge in [-0.3, -0.25) is 4.79 Å². The number of urea groups is 1. The number of hydrogen-bond donors (Lipinski definition) is 1. The predicted octanol–water partition coefficient (Wildman–Crippen LogP) is 2.02. The van der Waals surface area contributed by atoms with Gasteiger partial charge in [-0.1, -0.05) is 6.92 Å². The molecule has 1 N–H and O–H groups in total. The first kappa shape index (κ1) is 14.2. The topological polar surface area (TPSA) is 60.9 Å². The zero-order chi connectivity index (χ0) is 14.2. The van der Waals surface area contributed by atoms with Crippen LogP contribution < -0.4 is 0 Å². The van der Waals surface area contributed by atoms with Gasteiger partial charge in [0.25, 0.3) is 0 Å². The second-order valence-electron chi connectivity index (χ2n) is 6.11. The Labute approximate surface area is 114 Å². The van der Waals surface area contributed by atoms with Gasteiger partial charge in [0.2, 0.25) is 0 Å². The molecular formula is C14H24N2O3. The molecule has 19 heavy (non-hydrogen) atoms. The Morgan fingerprint density at radius 1 is 1.16 bits per heavy atom. The number of carboxylic acids is 1. The van der Waals surface area contributed by atoms with Crippen LogP contribution in [0.4, 0.5) is 4.79 Å². The summed E-state index contributed by atoms with van der Waals surface area (Å²) in [5, 5.41) is 8.96. The zero-order valence-electron chi connectivity index (χ0n) is 12.0. The number of rotatable bonds is 2. The van der Waals surface area contributed by atoms with Gasteiger partial charge in [-0.2, -0.15) is 0 Å². The minimum absolute atomic E-state index is 0.0912. The number of aliphatic carboxylic acids is 1. The fraction of sp³-hybridized carbons (Fsp3) is 0.857. The van der Waals surface area contributed by atoms with E-state index in [0.717, 1.165) is 12.8 Å². The smallest absolute Gasteiger partial charge is 0.320 e. The molecule has 2 rings (SSSR count).